The molecule has 51 valence electrons. The van der Waals surface area contributed by atoms with E-state index in [1.165, 1.54) is 5.56 Å². The van der Waals surface area contributed by atoms with Gasteiger partial charge in [0.1, 0.15) is 0 Å². The number of allylic oxidation sites excluding steroid dienone is 1. The summed E-state index contributed by atoms with van der Waals surface area (Å²) in [7, 11) is 0. The summed E-state index contributed by atoms with van der Waals surface area (Å²) >= 11 is 0. The fourth-order valence-electron chi connectivity index (χ4n) is 0.889. The van der Waals surface area contributed by atoms with Gasteiger partial charge in [0.15, 0.2) is 0 Å². The molecule has 0 aromatic heterocycles. The number of hydrogen-bond acceptors (Lipinski definition) is 0. The second-order valence-electron chi connectivity index (χ2n) is 2.25. The standard InChI is InChI=1S/C10H11/c1-3-5-10-7-4-6-9(2)8-10/h3-8H,2H2,1H3. The quantitative estimate of drug-likeness (QED) is 0.549. The van der Waals surface area contributed by atoms with E-state index in [4.69, 9.17) is 0 Å². The van der Waals surface area contributed by atoms with E-state index in [9.17, 15) is 0 Å². The Hall–Kier alpha value is -1.04. The van der Waals surface area contributed by atoms with Crippen LogP contribution in [0.5, 0.6) is 0 Å². The monoisotopic (exact) mass is 131 g/mol. The minimum atomic E-state index is 1.07. The molecule has 0 unspecified atom stereocenters. The summed E-state index contributed by atoms with van der Waals surface area (Å²) in [5.74, 6) is 0. The molecule has 1 aromatic rings. The van der Waals surface area contributed by atoms with Gasteiger partial charge in [0.25, 0.3) is 0 Å². The molecule has 0 spiro atoms. The third-order valence-electron chi connectivity index (χ3n) is 1.31. The molecule has 0 heterocycles. The van der Waals surface area contributed by atoms with Gasteiger partial charge in [-0.15, -0.1) is 0 Å². The van der Waals surface area contributed by atoms with Crippen molar-refractivity contribution in [2.75, 3.05) is 0 Å². The highest BCUT2D eigenvalue weighted by Crippen LogP contribution is 2.04. The second-order valence-corrected chi connectivity index (χ2v) is 2.25. The zero-order valence-corrected chi connectivity index (χ0v) is 6.17. The van der Waals surface area contributed by atoms with Gasteiger partial charge in [-0.3, -0.25) is 0 Å². The highest BCUT2D eigenvalue weighted by Gasteiger charge is 1.84. The highest BCUT2D eigenvalue weighted by atomic mass is 13.9. The molecule has 0 bridgehead atoms. The first-order valence-corrected chi connectivity index (χ1v) is 3.37. The lowest BCUT2D eigenvalue weighted by molar-refractivity contribution is 1.57. The Kier molecular flexibility index (Phi) is 2.27. The first-order chi connectivity index (χ1) is 4.83. The van der Waals surface area contributed by atoms with Gasteiger partial charge in [-0.2, -0.15) is 0 Å². The molecule has 1 radical (unpaired) electrons. The molecule has 10 heavy (non-hydrogen) atoms. The van der Waals surface area contributed by atoms with Crippen LogP contribution in [0.1, 0.15) is 18.1 Å². The Morgan fingerprint density at radius 3 is 2.80 bits per heavy atom. The lowest BCUT2D eigenvalue weighted by Gasteiger charge is -1.93. The van der Waals surface area contributed by atoms with Crippen LogP contribution in [-0.2, 0) is 0 Å². The zero-order valence-electron chi connectivity index (χ0n) is 6.17. The van der Waals surface area contributed by atoms with Crippen molar-refractivity contribution < 1.29 is 0 Å². The third-order valence-corrected chi connectivity index (χ3v) is 1.31. The maximum atomic E-state index is 3.83. The van der Waals surface area contributed by atoms with E-state index in [2.05, 4.69) is 25.1 Å². The first-order valence-electron chi connectivity index (χ1n) is 3.37. The second kappa shape index (κ2) is 3.21. The van der Waals surface area contributed by atoms with Gasteiger partial charge in [-0.25, -0.2) is 0 Å². The van der Waals surface area contributed by atoms with Gasteiger partial charge in [-0.1, -0.05) is 36.4 Å². The average molecular weight is 131 g/mol. The maximum absolute atomic E-state index is 3.83. The Bertz CT molecular complexity index is 234. The van der Waals surface area contributed by atoms with Gasteiger partial charge in [0, 0.05) is 0 Å². The van der Waals surface area contributed by atoms with Crippen molar-refractivity contribution in [3.05, 3.63) is 48.4 Å². The molecule has 0 atom stereocenters. The minimum Gasteiger partial charge on any atom is -0.0871 e. The molecular formula is C10H11. The minimum absolute atomic E-state index is 1.07. The van der Waals surface area contributed by atoms with Crippen molar-refractivity contribution in [1.29, 1.82) is 0 Å². The summed E-state index contributed by atoms with van der Waals surface area (Å²) in [6, 6.07) is 8.12. The van der Waals surface area contributed by atoms with E-state index in [-0.39, 0.29) is 0 Å². The lowest BCUT2D eigenvalue weighted by atomic mass is 10.1. The van der Waals surface area contributed by atoms with Crippen LogP contribution in [0.3, 0.4) is 0 Å². The zero-order chi connectivity index (χ0) is 7.40. The molecule has 0 aliphatic rings. The molecule has 1 aromatic carbocycles. The Morgan fingerprint density at radius 2 is 2.20 bits per heavy atom. The van der Waals surface area contributed by atoms with Crippen LogP contribution in [-0.4, -0.2) is 0 Å². The van der Waals surface area contributed by atoms with Gasteiger partial charge in [0.2, 0.25) is 0 Å². The SMILES string of the molecule is [CH2]c1cccc(C=CC)c1. The van der Waals surface area contributed by atoms with Crippen molar-refractivity contribution >= 4 is 6.08 Å². The number of hydrogen-bond donors (Lipinski definition) is 0. The maximum Gasteiger partial charge on any atom is -0.0238 e. The molecule has 0 saturated heterocycles. The van der Waals surface area contributed by atoms with E-state index in [1.54, 1.807) is 0 Å². The van der Waals surface area contributed by atoms with Crippen LogP contribution >= 0.6 is 0 Å². The largest absolute Gasteiger partial charge is 0.0871 e. The fourth-order valence-corrected chi connectivity index (χ4v) is 0.889. The summed E-state index contributed by atoms with van der Waals surface area (Å²) < 4.78 is 0. The number of rotatable bonds is 1. The molecule has 0 fully saturated rings. The Morgan fingerprint density at radius 1 is 1.40 bits per heavy atom. The van der Waals surface area contributed by atoms with Gasteiger partial charge in [0.05, 0.1) is 0 Å². The normalized spacial score (nSPS) is 10.6. The van der Waals surface area contributed by atoms with Crippen LogP contribution in [0.2, 0.25) is 0 Å². The van der Waals surface area contributed by atoms with E-state index in [0.717, 1.165) is 5.56 Å². The van der Waals surface area contributed by atoms with Gasteiger partial charge in [-0.05, 0) is 25.0 Å². The van der Waals surface area contributed by atoms with E-state index < -0.39 is 0 Å². The summed E-state index contributed by atoms with van der Waals surface area (Å²) in [6.45, 7) is 5.84. The summed E-state index contributed by atoms with van der Waals surface area (Å²) in [4.78, 5) is 0. The van der Waals surface area contributed by atoms with Crippen molar-refractivity contribution in [2.45, 2.75) is 6.92 Å². The molecule has 0 aliphatic heterocycles. The van der Waals surface area contributed by atoms with E-state index in [0.29, 0.717) is 0 Å². The first kappa shape index (κ1) is 7.07. The number of benzene rings is 1. The third kappa shape index (κ3) is 1.73. The van der Waals surface area contributed by atoms with Crippen molar-refractivity contribution in [1.82, 2.24) is 0 Å². The van der Waals surface area contributed by atoms with Gasteiger partial charge < -0.3 is 0 Å². The summed E-state index contributed by atoms with van der Waals surface area (Å²) in [5, 5.41) is 0. The predicted octanol–water partition coefficient (Wildman–Crippen LogP) is 2.90. The average Bonchev–Trinajstić information content (AvgIpc) is 1.88. The van der Waals surface area contributed by atoms with Crippen LogP contribution in [0, 0.1) is 6.92 Å². The molecule has 0 amide bonds. The molecule has 0 saturated carbocycles. The molecule has 0 heteroatoms. The molecular weight excluding hydrogens is 120 g/mol. The van der Waals surface area contributed by atoms with E-state index >= 15 is 0 Å². The Balaban J connectivity index is 2.95. The molecule has 0 nitrogen and oxygen atoms in total. The lowest BCUT2D eigenvalue weighted by Crippen LogP contribution is -1.72. The van der Waals surface area contributed by atoms with Crippen LogP contribution in [0.4, 0.5) is 0 Å². The highest BCUT2D eigenvalue weighted by molar-refractivity contribution is 5.50. The van der Waals surface area contributed by atoms with Crippen molar-refractivity contribution in [2.24, 2.45) is 0 Å². The summed E-state index contributed by atoms with van der Waals surface area (Å²) in [6.07, 6.45) is 4.09. The van der Waals surface area contributed by atoms with Crippen LogP contribution < -0.4 is 0 Å². The van der Waals surface area contributed by atoms with E-state index in [1.807, 2.05) is 25.1 Å². The van der Waals surface area contributed by atoms with Crippen LogP contribution in [0.15, 0.2) is 30.3 Å². The van der Waals surface area contributed by atoms with Crippen molar-refractivity contribution in [3.8, 4) is 0 Å². The molecule has 0 aliphatic carbocycles. The molecule has 1 rings (SSSR count). The predicted molar refractivity (Wildman–Crippen MR) is 45.6 cm³/mol. The van der Waals surface area contributed by atoms with Crippen LogP contribution in [0.25, 0.3) is 6.08 Å². The van der Waals surface area contributed by atoms with Gasteiger partial charge >= 0.3 is 0 Å². The topological polar surface area (TPSA) is 0 Å². The smallest absolute Gasteiger partial charge is 0.0238 e. The fraction of sp³-hybridized carbons (Fsp3) is 0.100. The Labute approximate surface area is 62.2 Å². The molecule has 0 N–H and O–H groups in total. The summed E-state index contributed by atoms with van der Waals surface area (Å²) in [5.41, 5.74) is 2.28. The van der Waals surface area contributed by atoms with Crippen molar-refractivity contribution in [3.63, 3.8) is 0 Å².